The Hall–Kier alpha value is -8.14. The first-order chi connectivity index (χ1) is 31.7. The highest BCUT2D eigenvalue weighted by molar-refractivity contribution is 8.01. The highest BCUT2D eigenvalue weighted by Crippen LogP contribution is 2.42. The maximum absolute atomic E-state index is 5.66. The number of nitrogens with one attached hydrogen (secondary N) is 1. The van der Waals surface area contributed by atoms with E-state index in [4.69, 9.17) is 15.0 Å². The summed E-state index contributed by atoms with van der Waals surface area (Å²) in [6, 6.07) is 46.6. The molecule has 4 aliphatic heterocycles. The number of pyridine rings is 4. The second kappa shape index (κ2) is 14.8. The van der Waals surface area contributed by atoms with Crippen molar-refractivity contribution in [1.29, 1.82) is 0 Å². The smallest absolute Gasteiger partial charge is 0.124 e. The zero-order valence-corrected chi connectivity index (χ0v) is 35.0. The molecule has 0 aliphatic carbocycles. The van der Waals surface area contributed by atoms with Gasteiger partial charge in [0.15, 0.2) is 0 Å². The summed E-state index contributed by atoms with van der Waals surface area (Å²) in [5.41, 5.74) is 16.4. The Morgan fingerprint density at radius 3 is 1.39 bits per heavy atom. The predicted molar refractivity (Wildman–Crippen MR) is 263 cm³/mol. The number of hydrogen-bond acceptors (Lipinski definition) is 8. The molecule has 8 nitrogen and oxygen atoms in total. The van der Waals surface area contributed by atoms with Crippen LogP contribution in [0.25, 0.3) is 65.9 Å². The molecule has 9 heterocycles. The van der Waals surface area contributed by atoms with Crippen molar-refractivity contribution in [2.75, 3.05) is 5.75 Å². The molecule has 5 aromatic heterocycles. The van der Waals surface area contributed by atoms with Crippen LogP contribution in [0.1, 0.15) is 22.3 Å². The lowest BCUT2D eigenvalue weighted by Crippen LogP contribution is -2.21. The molecule has 0 fully saturated rings. The number of thioether (sulfide) groups is 1. The number of rotatable bonds is 4. The maximum Gasteiger partial charge on any atom is 0.124 e. The van der Waals surface area contributed by atoms with Gasteiger partial charge in [-0.25, -0.2) is 9.98 Å². The van der Waals surface area contributed by atoms with Crippen molar-refractivity contribution < 1.29 is 0 Å². The third kappa shape index (κ3) is 6.20. The number of allylic oxidation sites excluding steroid dienone is 5. The zero-order chi connectivity index (χ0) is 42.1. The normalized spacial score (nSPS) is 17.1. The van der Waals surface area contributed by atoms with Gasteiger partial charge in [-0.2, -0.15) is 0 Å². The summed E-state index contributed by atoms with van der Waals surface area (Å²) in [7, 11) is 0. The van der Waals surface area contributed by atoms with Crippen LogP contribution in [0.15, 0.2) is 209 Å². The summed E-state index contributed by atoms with van der Waals surface area (Å²) in [6.45, 7) is 0. The van der Waals surface area contributed by atoms with Crippen LogP contribution in [0.3, 0.4) is 0 Å². The molecule has 4 aromatic carbocycles. The van der Waals surface area contributed by atoms with Gasteiger partial charge in [0.1, 0.15) is 5.37 Å². The fourth-order valence-corrected chi connectivity index (χ4v) is 10.5. The molecule has 300 valence electrons. The van der Waals surface area contributed by atoms with Crippen molar-refractivity contribution in [3.63, 3.8) is 0 Å². The molecule has 0 saturated heterocycles. The van der Waals surface area contributed by atoms with Crippen molar-refractivity contribution in [1.82, 2.24) is 24.9 Å². The van der Waals surface area contributed by atoms with Gasteiger partial charge in [0.2, 0.25) is 0 Å². The summed E-state index contributed by atoms with van der Waals surface area (Å²) in [6.07, 6.45) is 15.9. The van der Waals surface area contributed by atoms with E-state index in [9.17, 15) is 0 Å². The molecule has 64 heavy (non-hydrogen) atoms. The summed E-state index contributed by atoms with van der Waals surface area (Å²) in [4.78, 5) is 39.2. The first kappa shape index (κ1) is 36.5. The van der Waals surface area contributed by atoms with Gasteiger partial charge >= 0.3 is 0 Å². The van der Waals surface area contributed by atoms with Gasteiger partial charge in [-0.15, -0.1) is 11.8 Å². The van der Waals surface area contributed by atoms with E-state index in [1.807, 2.05) is 60.8 Å². The minimum Gasteiger partial charge on any atom is -0.354 e. The molecule has 1 N–H and O–H groups in total. The monoisotopic (exact) mass is 838 g/mol. The van der Waals surface area contributed by atoms with Crippen LogP contribution in [-0.4, -0.2) is 53.2 Å². The van der Waals surface area contributed by atoms with Crippen LogP contribution in [-0.2, 0) is 0 Å². The number of aliphatic imine (C=N–C) groups is 3. The molecule has 9 heteroatoms. The maximum atomic E-state index is 5.66. The third-order valence-electron chi connectivity index (χ3n) is 12.3. The lowest BCUT2D eigenvalue weighted by molar-refractivity contribution is 1.17. The van der Waals surface area contributed by atoms with E-state index in [1.165, 1.54) is 0 Å². The number of benzene rings is 4. The van der Waals surface area contributed by atoms with Crippen molar-refractivity contribution in [3.8, 4) is 0 Å². The quantitative estimate of drug-likeness (QED) is 0.190. The second-order valence-corrected chi connectivity index (χ2v) is 17.2. The average molecular weight is 839 g/mol. The minimum atomic E-state index is -0.244. The van der Waals surface area contributed by atoms with Crippen molar-refractivity contribution in [2.45, 2.75) is 5.37 Å². The molecular formula is C55H34N8S. The first-order valence-electron chi connectivity index (χ1n) is 21.2. The number of aromatic nitrogens is 5. The highest BCUT2D eigenvalue weighted by Gasteiger charge is 2.31. The fourth-order valence-electron chi connectivity index (χ4n) is 9.34. The molecule has 4 aliphatic rings. The number of nitrogens with zero attached hydrogens (tertiary/aromatic N) is 7. The summed E-state index contributed by atoms with van der Waals surface area (Å²) in [5, 5.41) is 5.87. The molecule has 0 radical (unpaired) electrons. The van der Waals surface area contributed by atoms with Gasteiger partial charge in [0.25, 0.3) is 0 Å². The van der Waals surface area contributed by atoms with Crippen LogP contribution in [0, 0.1) is 0 Å². The lowest BCUT2D eigenvalue weighted by atomic mass is 9.97. The van der Waals surface area contributed by atoms with E-state index in [0.29, 0.717) is 5.75 Å². The fraction of sp³-hybridized carbons (Fsp3) is 0.0364. The molecule has 0 saturated carbocycles. The van der Waals surface area contributed by atoms with Gasteiger partial charge in [0.05, 0.1) is 50.6 Å². The number of hydrogen-bond donors (Lipinski definition) is 1. The van der Waals surface area contributed by atoms with Crippen molar-refractivity contribution in [2.24, 2.45) is 15.0 Å². The SMILES string of the molecule is C1=CC2=C(c3ccc4ncccc4c3)C3=NC(SC3)C(c3ccc4ncccc4c3)=C3C=CC(=N3)C(c3ccc4ncccc4c3)=c3ccc([nH]3)=C(c3ccc4ncccc4c3)C1=N2. The zero-order valence-electron chi connectivity index (χ0n) is 34.1. The largest absolute Gasteiger partial charge is 0.354 e. The first-order valence-corrected chi connectivity index (χ1v) is 22.3. The highest BCUT2D eigenvalue weighted by atomic mass is 32.2. The standard InChI is InChI=1S/C55H34N8S/c1-5-32-27-36(9-13-40(32)56-23-1)51-44-17-18-45(60-44)52(37-10-14-41-33(28-37)6-2-24-57-41)47-21-22-49(62-47)54(39-12-16-43-35(30-39)8-4-26-59-43)55-63-50(31-64-55)53(48-20-19-46(51)61-48)38-11-15-42-34(29-38)7-3-25-58-42/h1-30,55,60H,31H2. The Labute approximate surface area is 371 Å². The van der Waals surface area contributed by atoms with Gasteiger partial charge < -0.3 is 4.98 Å². The topological polar surface area (TPSA) is 104 Å². The Bertz CT molecular complexity index is 3860. The molecule has 9 aromatic rings. The van der Waals surface area contributed by atoms with Crippen LogP contribution < -0.4 is 10.7 Å². The van der Waals surface area contributed by atoms with Gasteiger partial charge in [-0.1, -0.05) is 48.5 Å². The summed E-state index contributed by atoms with van der Waals surface area (Å²) < 4.78 is 0. The molecule has 13 rings (SSSR count). The van der Waals surface area contributed by atoms with Crippen LogP contribution in [0.4, 0.5) is 0 Å². The van der Waals surface area contributed by atoms with E-state index in [1.54, 1.807) is 0 Å². The third-order valence-corrected chi connectivity index (χ3v) is 13.4. The molecule has 0 amide bonds. The number of aromatic amines is 1. The molecule has 8 bridgehead atoms. The Morgan fingerprint density at radius 1 is 0.438 bits per heavy atom. The van der Waals surface area contributed by atoms with Gasteiger partial charge in [-0.3, -0.25) is 24.9 Å². The van der Waals surface area contributed by atoms with Crippen LogP contribution >= 0.6 is 11.8 Å². The Balaban J connectivity index is 1.13. The minimum absolute atomic E-state index is 0.244. The second-order valence-electron chi connectivity index (χ2n) is 16.1. The molecule has 0 spiro atoms. The van der Waals surface area contributed by atoms with E-state index >= 15 is 0 Å². The lowest BCUT2D eigenvalue weighted by Gasteiger charge is -2.15. The van der Waals surface area contributed by atoms with Gasteiger partial charge in [0, 0.05) is 85.1 Å². The van der Waals surface area contributed by atoms with E-state index in [0.717, 1.165) is 127 Å². The number of H-pyrrole nitrogens is 1. The van der Waals surface area contributed by atoms with E-state index < -0.39 is 0 Å². The Morgan fingerprint density at radius 2 is 0.875 bits per heavy atom. The van der Waals surface area contributed by atoms with Crippen LogP contribution in [0.2, 0.25) is 0 Å². The summed E-state index contributed by atoms with van der Waals surface area (Å²) in [5.74, 6) is 0.690. The van der Waals surface area contributed by atoms with Gasteiger partial charge in [-0.05, 0) is 131 Å². The van der Waals surface area contributed by atoms with Crippen molar-refractivity contribution >= 4 is 94.8 Å². The molecule has 1 atom stereocenters. The molecule has 1 unspecified atom stereocenters. The number of fused-ring (bicyclic) bond motifs is 9. The Kier molecular flexibility index (Phi) is 8.42. The predicted octanol–water partition coefficient (Wildman–Crippen LogP) is 9.98. The average Bonchev–Trinajstić information content (AvgIpc) is 4.20. The van der Waals surface area contributed by atoms with Crippen LogP contribution in [0.5, 0.6) is 0 Å². The summed E-state index contributed by atoms with van der Waals surface area (Å²) >= 11 is 1.82. The molecular weight excluding hydrogens is 805 g/mol. The van der Waals surface area contributed by atoms with E-state index in [-0.39, 0.29) is 5.37 Å². The van der Waals surface area contributed by atoms with E-state index in [2.05, 4.69) is 158 Å². The van der Waals surface area contributed by atoms with Crippen molar-refractivity contribution in [3.05, 3.63) is 227 Å².